The number of guanidine groups is 1. The summed E-state index contributed by atoms with van der Waals surface area (Å²) in [5.74, 6) is 1.11. The van der Waals surface area contributed by atoms with Gasteiger partial charge >= 0.3 is 6.18 Å². The number of hydrogen-bond acceptors (Lipinski definition) is 5. The first-order chi connectivity index (χ1) is 12.9. The predicted octanol–water partition coefficient (Wildman–Crippen LogP) is 4.38. The highest BCUT2D eigenvalue weighted by molar-refractivity contribution is 14.0. The minimum atomic E-state index is -4.43. The van der Waals surface area contributed by atoms with Crippen LogP contribution in [-0.2, 0) is 17.5 Å². The standard InChI is InChI=1S/C17H21F3N4O2S.HI/c1-21-16(22-10-15-24-14(11-27-15)17(18,19)20)23-12-5-3-6-13(9-12)26-8-4-7-25-2;/h3,5-6,9,11H,4,7-8,10H2,1-2H3,(H2,21,22,23);1H. The zero-order valence-corrected chi connectivity index (χ0v) is 18.5. The van der Waals surface area contributed by atoms with Crippen molar-refractivity contribution in [3.63, 3.8) is 0 Å². The zero-order chi connectivity index (χ0) is 19.7. The van der Waals surface area contributed by atoms with Gasteiger partial charge in [0.1, 0.15) is 10.8 Å². The van der Waals surface area contributed by atoms with Crippen LogP contribution in [0, 0.1) is 0 Å². The molecule has 2 aromatic rings. The number of rotatable bonds is 8. The van der Waals surface area contributed by atoms with Crippen molar-refractivity contribution in [1.29, 1.82) is 0 Å². The minimum Gasteiger partial charge on any atom is -0.493 e. The molecule has 2 rings (SSSR count). The molecule has 2 N–H and O–H groups in total. The van der Waals surface area contributed by atoms with Gasteiger partial charge in [-0.25, -0.2) is 4.98 Å². The van der Waals surface area contributed by atoms with Crippen molar-refractivity contribution in [2.45, 2.75) is 19.1 Å². The average Bonchev–Trinajstić information content (AvgIpc) is 3.12. The Kier molecular flexibility index (Phi) is 10.5. The van der Waals surface area contributed by atoms with Crippen LogP contribution in [0.2, 0.25) is 0 Å². The van der Waals surface area contributed by atoms with Gasteiger partial charge in [-0.3, -0.25) is 4.99 Å². The van der Waals surface area contributed by atoms with Crippen LogP contribution in [0.1, 0.15) is 17.1 Å². The maximum Gasteiger partial charge on any atom is 0.434 e. The summed E-state index contributed by atoms with van der Waals surface area (Å²) >= 11 is 0.944. The number of halogens is 4. The monoisotopic (exact) mass is 530 g/mol. The number of alkyl halides is 3. The third kappa shape index (κ3) is 8.19. The lowest BCUT2D eigenvalue weighted by Gasteiger charge is -2.12. The van der Waals surface area contributed by atoms with Crippen LogP contribution in [-0.4, -0.2) is 38.3 Å². The second-order valence-electron chi connectivity index (χ2n) is 5.40. The van der Waals surface area contributed by atoms with E-state index in [4.69, 9.17) is 9.47 Å². The van der Waals surface area contributed by atoms with Crippen molar-refractivity contribution in [2.24, 2.45) is 4.99 Å². The molecule has 0 saturated heterocycles. The Bertz CT molecular complexity index is 756. The highest BCUT2D eigenvalue weighted by atomic mass is 127. The van der Waals surface area contributed by atoms with E-state index in [1.807, 2.05) is 24.3 Å². The Hall–Kier alpha value is -1.60. The summed E-state index contributed by atoms with van der Waals surface area (Å²) in [6.45, 7) is 1.30. The van der Waals surface area contributed by atoms with E-state index in [1.165, 1.54) is 0 Å². The molecule has 0 radical (unpaired) electrons. The molecule has 0 fully saturated rings. The number of hydrogen-bond donors (Lipinski definition) is 2. The Balaban J connectivity index is 0.00000392. The summed E-state index contributed by atoms with van der Waals surface area (Å²) in [7, 11) is 3.21. The Morgan fingerprint density at radius 3 is 2.71 bits per heavy atom. The van der Waals surface area contributed by atoms with E-state index in [2.05, 4.69) is 20.6 Å². The molecule has 0 aliphatic carbocycles. The molecule has 0 saturated carbocycles. The van der Waals surface area contributed by atoms with Crippen molar-refractivity contribution in [3.05, 3.63) is 40.3 Å². The molecule has 0 aliphatic heterocycles. The van der Waals surface area contributed by atoms with E-state index in [1.54, 1.807) is 14.2 Å². The van der Waals surface area contributed by atoms with Gasteiger partial charge in [-0.05, 0) is 12.1 Å². The van der Waals surface area contributed by atoms with Gasteiger partial charge in [0.15, 0.2) is 11.7 Å². The largest absolute Gasteiger partial charge is 0.493 e. The molecule has 28 heavy (non-hydrogen) atoms. The smallest absolute Gasteiger partial charge is 0.434 e. The van der Waals surface area contributed by atoms with E-state index in [0.29, 0.717) is 29.9 Å². The molecule has 6 nitrogen and oxygen atoms in total. The SMILES string of the molecule is CN=C(NCc1nc(C(F)(F)F)cs1)Nc1cccc(OCCCOC)c1.I. The summed E-state index contributed by atoms with van der Waals surface area (Å²) in [5, 5.41) is 7.32. The quantitative estimate of drug-likeness (QED) is 0.230. The van der Waals surface area contributed by atoms with Gasteiger partial charge in [-0.1, -0.05) is 6.07 Å². The van der Waals surface area contributed by atoms with E-state index < -0.39 is 11.9 Å². The topological polar surface area (TPSA) is 67.8 Å². The second-order valence-corrected chi connectivity index (χ2v) is 6.34. The summed E-state index contributed by atoms with van der Waals surface area (Å²) in [4.78, 5) is 7.64. The van der Waals surface area contributed by atoms with Crippen molar-refractivity contribution in [2.75, 3.05) is 32.7 Å². The molecule has 1 heterocycles. The van der Waals surface area contributed by atoms with Gasteiger partial charge in [-0.2, -0.15) is 13.2 Å². The first-order valence-corrected chi connectivity index (χ1v) is 9.01. The first kappa shape index (κ1) is 24.4. The Labute approximate surface area is 182 Å². The average molecular weight is 530 g/mol. The van der Waals surface area contributed by atoms with Gasteiger partial charge in [-0.15, -0.1) is 35.3 Å². The third-order valence-corrected chi connectivity index (χ3v) is 4.18. The van der Waals surface area contributed by atoms with E-state index in [9.17, 15) is 13.2 Å². The molecule has 0 spiro atoms. The molecular weight excluding hydrogens is 508 g/mol. The summed E-state index contributed by atoms with van der Waals surface area (Å²) in [6.07, 6.45) is -3.65. The molecule has 1 aromatic heterocycles. The molecule has 1 aromatic carbocycles. The van der Waals surface area contributed by atoms with Crippen molar-refractivity contribution >= 4 is 47.0 Å². The molecule has 0 atom stereocenters. The Morgan fingerprint density at radius 1 is 1.29 bits per heavy atom. The number of aromatic nitrogens is 1. The molecular formula is C17H22F3IN4O2S. The molecule has 0 aliphatic rings. The number of nitrogens with one attached hydrogen (secondary N) is 2. The number of benzene rings is 1. The molecule has 0 unspecified atom stereocenters. The number of thiazole rings is 1. The summed E-state index contributed by atoms with van der Waals surface area (Å²) in [6, 6.07) is 7.31. The van der Waals surface area contributed by atoms with E-state index >= 15 is 0 Å². The van der Waals surface area contributed by atoms with Crippen molar-refractivity contribution in [1.82, 2.24) is 10.3 Å². The fourth-order valence-electron chi connectivity index (χ4n) is 2.05. The van der Waals surface area contributed by atoms with Crippen molar-refractivity contribution in [3.8, 4) is 5.75 Å². The maximum atomic E-state index is 12.6. The van der Waals surface area contributed by atoms with Gasteiger partial charge in [0.25, 0.3) is 0 Å². The predicted molar refractivity (Wildman–Crippen MR) is 115 cm³/mol. The number of ether oxygens (including phenoxy) is 2. The fraction of sp³-hybridized carbons (Fsp3) is 0.412. The van der Waals surface area contributed by atoms with Crippen LogP contribution in [0.25, 0.3) is 0 Å². The van der Waals surface area contributed by atoms with E-state index in [0.717, 1.165) is 28.8 Å². The number of methoxy groups -OCH3 is 1. The van der Waals surface area contributed by atoms with Crippen LogP contribution in [0.5, 0.6) is 5.75 Å². The molecule has 11 heteroatoms. The molecule has 156 valence electrons. The van der Waals surface area contributed by atoms with Crippen LogP contribution >= 0.6 is 35.3 Å². The zero-order valence-electron chi connectivity index (χ0n) is 15.4. The second kappa shape index (κ2) is 12.1. The molecule has 0 amide bonds. The van der Waals surface area contributed by atoms with E-state index in [-0.39, 0.29) is 30.5 Å². The summed E-state index contributed by atoms with van der Waals surface area (Å²) in [5.41, 5.74) is -0.145. The van der Waals surface area contributed by atoms with Gasteiger partial charge in [0.05, 0.1) is 13.2 Å². The van der Waals surface area contributed by atoms with Crippen molar-refractivity contribution < 1.29 is 22.6 Å². The number of aliphatic imine (C=N–C) groups is 1. The number of anilines is 1. The lowest BCUT2D eigenvalue weighted by molar-refractivity contribution is -0.140. The van der Waals surface area contributed by atoms with Gasteiger partial charge in [0.2, 0.25) is 0 Å². The van der Waals surface area contributed by atoms with Crippen LogP contribution in [0.3, 0.4) is 0 Å². The highest BCUT2D eigenvalue weighted by Gasteiger charge is 2.33. The fourth-order valence-corrected chi connectivity index (χ4v) is 2.79. The van der Waals surface area contributed by atoms with Gasteiger partial charge in [0, 0.05) is 44.3 Å². The minimum absolute atomic E-state index is 0. The van der Waals surface area contributed by atoms with Gasteiger partial charge < -0.3 is 20.1 Å². The normalized spacial score (nSPS) is 11.7. The lowest BCUT2D eigenvalue weighted by Crippen LogP contribution is -2.30. The number of nitrogens with zero attached hydrogens (tertiary/aromatic N) is 2. The Morgan fingerprint density at radius 2 is 2.07 bits per heavy atom. The van der Waals surface area contributed by atoms with Crippen LogP contribution in [0.15, 0.2) is 34.6 Å². The molecule has 0 bridgehead atoms. The first-order valence-electron chi connectivity index (χ1n) is 8.13. The highest BCUT2D eigenvalue weighted by Crippen LogP contribution is 2.29. The van der Waals surface area contributed by atoms with Crippen LogP contribution in [0.4, 0.5) is 18.9 Å². The summed E-state index contributed by atoms with van der Waals surface area (Å²) < 4.78 is 48.4. The lowest BCUT2D eigenvalue weighted by atomic mass is 10.3. The van der Waals surface area contributed by atoms with Crippen LogP contribution < -0.4 is 15.4 Å². The third-order valence-electron chi connectivity index (χ3n) is 3.33. The maximum absolute atomic E-state index is 12.6.